The first kappa shape index (κ1) is 13.6. The molecule has 0 saturated carbocycles. The summed E-state index contributed by atoms with van der Waals surface area (Å²) < 4.78 is 1.51. The Morgan fingerprint density at radius 2 is 2.16 bits per heavy atom. The first-order valence-corrected chi connectivity index (χ1v) is 6.44. The molecule has 0 aliphatic carbocycles. The number of amides is 1. The number of aromatic nitrogens is 2. The highest BCUT2D eigenvalue weighted by molar-refractivity contribution is 5.95. The molecule has 6 nitrogen and oxygen atoms in total. The molecule has 0 spiro atoms. The van der Waals surface area contributed by atoms with Crippen molar-refractivity contribution in [3.8, 4) is 0 Å². The first-order valence-electron chi connectivity index (χ1n) is 6.44. The monoisotopic (exact) mass is 265 g/mol. The molecule has 2 heterocycles. The van der Waals surface area contributed by atoms with Crippen LogP contribution in [0.2, 0.25) is 0 Å². The lowest BCUT2D eigenvalue weighted by Gasteiger charge is -2.35. The number of likely N-dealkylation sites (tertiary alicyclic amines) is 1. The maximum Gasteiger partial charge on any atom is 0.326 e. The minimum absolute atomic E-state index is 0.248. The van der Waals surface area contributed by atoms with Crippen molar-refractivity contribution in [2.75, 3.05) is 6.54 Å². The second-order valence-corrected chi connectivity index (χ2v) is 5.28. The fourth-order valence-corrected chi connectivity index (χ4v) is 2.58. The number of rotatable bonds is 2. The second kappa shape index (κ2) is 5.03. The summed E-state index contributed by atoms with van der Waals surface area (Å²) in [6.07, 6.45) is 1.35. The van der Waals surface area contributed by atoms with Gasteiger partial charge in [0.2, 0.25) is 0 Å². The highest BCUT2D eigenvalue weighted by atomic mass is 16.4. The van der Waals surface area contributed by atoms with Crippen molar-refractivity contribution in [2.45, 2.75) is 32.7 Å². The van der Waals surface area contributed by atoms with Crippen LogP contribution in [0, 0.1) is 12.8 Å². The molecule has 1 aromatic heterocycles. The van der Waals surface area contributed by atoms with Gasteiger partial charge in [-0.3, -0.25) is 9.48 Å². The van der Waals surface area contributed by atoms with Crippen molar-refractivity contribution < 1.29 is 14.7 Å². The lowest BCUT2D eigenvalue weighted by atomic mass is 9.92. The van der Waals surface area contributed by atoms with Crippen molar-refractivity contribution in [2.24, 2.45) is 13.0 Å². The molecule has 1 fully saturated rings. The van der Waals surface area contributed by atoms with Crippen molar-refractivity contribution >= 4 is 11.9 Å². The Labute approximate surface area is 112 Å². The van der Waals surface area contributed by atoms with Crippen molar-refractivity contribution in [1.29, 1.82) is 0 Å². The number of carboxylic acids is 1. The zero-order valence-corrected chi connectivity index (χ0v) is 11.5. The Kier molecular flexibility index (Phi) is 3.59. The van der Waals surface area contributed by atoms with E-state index in [9.17, 15) is 14.7 Å². The van der Waals surface area contributed by atoms with E-state index in [0.717, 1.165) is 12.1 Å². The van der Waals surface area contributed by atoms with Crippen LogP contribution in [0.5, 0.6) is 0 Å². The third-order valence-electron chi connectivity index (χ3n) is 3.63. The van der Waals surface area contributed by atoms with E-state index < -0.39 is 12.0 Å². The molecule has 0 radical (unpaired) electrons. The largest absolute Gasteiger partial charge is 0.480 e. The fraction of sp³-hybridized carbons (Fsp3) is 0.615. The Balaban J connectivity index is 2.26. The third kappa shape index (κ3) is 2.62. The highest BCUT2D eigenvalue weighted by Gasteiger charge is 2.36. The van der Waals surface area contributed by atoms with E-state index >= 15 is 0 Å². The van der Waals surface area contributed by atoms with E-state index in [1.807, 2.05) is 13.8 Å². The second-order valence-electron chi connectivity index (χ2n) is 5.28. The molecule has 1 aromatic rings. The van der Waals surface area contributed by atoms with Gasteiger partial charge in [0.25, 0.3) is 5.91 Å². The number of carbonyl (C=O) groups is 2. The van der Waals surface area contributed by atoms with Gasteiger partial charge in [0.05, 0.1) is 5.69 Å². The molecule has 19 heavy (non-hydrogen) atoms. The van der Waals surface area contributed by atoms with Crippen LogP contribution < -0.4 is 0 Å². The number of aryl methyl sites for hydroxylation is 2. The van der Waals surface area contributed by atoms with Gasteiger partial charge in [-0.1, -0.05) is 6.92 Å². The number of carbonyl (C=O) groups excluding carboxylic acids is 1. The average Bonchev–Trinajstić information content (AvgIpc) is 2.67. The van der Waals surface area contributed by atoms with Crippen LogP contribution >= 0.6 is 0 Å². The Morgan fingerprint density at radius 3 is 2.68 bits per heavy atom. The van der Waals surface area contributed by atoms with Gasteiger partial charge in [-0.05, 0) is 31.7 Å². The minimum atomic E-state index is -0.932. The molecule has 0 aromatic carbocycles. The minimum Gasteiger partial charge on any atom is -0.480 e. The third-order valence-corrected chi connectivity index (χ3v) is 3.63. The number of carboxylic acid groups (broad SMARTS) is 1. The van der Waals surface area contributed by atoms with Gasteiger partial charge in [0.1, 0.15) is 11.7 Å². The maximum atomic E-state index is 12.5. The molecule has 1 N–H and O–H groups in total. The number of hydrogen-bond acceptors (Lipinski definition) is 3. The van der Waals surface area contributed by atoms with Gasteiger partial charge in [0.15, 0.2) is 0 Å². The zero-order chi connectivity index (χ0) is 14.2. The molecular weight excluding hydrogens is 246 g/mol. The summed E-state index contributed by atoms with van der Waals surface area (Å²) in [4.78, 5) is 25.2. The first-order chi connectivity index (χ1) is 8.90. The normalized spacial score (nSPS) is 23.4. The van der Waals surface area contributed by atoms with Gasteiger partial charge < -0.3 is 10.0 Å². The summed E-state index contributed by atoms with van der Waals surface area (Å²) in [7, 11) is 1.70. The number of nitrogens with zero attached hydrogens (tertiary/aromatic N) is 3. The van der Waals surface area contributed by atoms with Crippen LogP contribution in [0.1, 0.15) is 35.9 Å². The number of hydrogen-bond donors (Lipinski definition) is 1. The summed E-state index contributed by atoms with van der Waals surface area (Å²) in [5.41, 5.74) is 1.20. The topological polar surface area (TPSA) is 75.4 Å². The summed E-state index contributed by atoms with van der Waals surface area (Å²) >= 11 is 0. The molecule has 2 atom stereocenters. The van der Waals surface area contributed by atoms with Gasteiger partial charge in [-0.2, -0.15) is 5.10 Å². The number of piperidine rings is 1. The van der Waals surface area contributed by atoms with Crippen molar-refractivity contribution in [1.82, 2.24) is 14.7 Å². The molecular formula is C13H19N3O3. The van der Waals surface area contributed by atoms with E-state index in [1.165, 1.54) is 9.58 Å². The molecule has 2 rings (SSSR count). The van der Waals surface area contributed by atoms with Gasteiger partial charge in [0, 0.05) is 13.6 Å². The van der Waals surface area contributed by atoms with Gasteiger partial charge >= 0.3 is 5.97 Å². The van der Waals surface area contributed by atoms with E-state index in [4.69, 9.17) is 0 Å². The summed E-state index contributed by atoms with van der Waals surface area (Å²) in [5, 5.41) is 13.4. The molecule has 6 heteroatoms. The molecule has 104 valence electrons. The predicted octanol–water partition coefficient (Wildman–Crippen LogP) is 1.05. The quantitative estimate of drug-likeness (QED) is 0.867. The summed E-state index contributed by atoms with van der Waals surface area (Å²) in [6, 6.07) is 0.964. The highest BCUT2D eigenvalue weighted by Crippen LogP contribution is 2.24. The van der Waals surface area contributed by atoms with Crippen molar-refractivity contribution in [3.05, 3.63) is 17.5 Å². The van der Waals surface area contributed by atoms with E-state index in [1.54, 1.807) is 13.1 Å². The molecule has 1 amide bonds. The Morgan fingerprint density at radius 1 is 1.47 bits per heavy atom. The SMILES string of the molecule is Cc1cc(C(=O)N2CCC(C)CC2C(=O)O)n(C)n1. The van der Waals surface area contributed by atoms with Crippen LogP contribution in [0.25, 0.3) is 0 Å². The molecule has 0 bridgehead atoms. The lowest BCUT2D eigenvalue weighted by molar-refractivity contribution is -0.144. The summed E-state index contributed by atoms with van der Waals surface area (Å²) in [6.45, 7) is 4.32. The van der Waals surface area contributed by atoms with Crippen molar-refractivity contribution in [3.63, 3.8) is 0 Å². The molecule has 1 aliphatic rings. The van der Waals surface area contributed by atoms with Gasteiger partial charge in [-0.15, -0.1) is 0 Å². The predicted molar refractivity (Wildman–Crippen MR) is 68.8 cm³/mol. The standard InChI is InChI=1S/C13H19N3O3/c1-8-4-5-16(11(6-8)13(18)19)12(17)10-7-9(2)14-15(10)3/h7-8,11H,4-6H2,1-3H3,(H,18,19). The lowest BCUT2D eigenvalue weighted by Crippen LogP contribution is -2.50. The smallest absolute Gasteiger partial charge is 0.326 e. The Bertz CT molecular complexity index is 509. The van der Waals surface area contributed by atoms with Crippen LogP contribution in [0.15, 0.2) is 6.07 Å². The van der Waals surface area contributed by atoms with E-state index in [0.29, 0.717) is 24.6 Å². The Hall–Kier alpha value is -1.85. The number of aliphatic carboxylic acids is 1. The molecule has 1 saturated heterocycles. The fourth-order valence-electron chi connectivity index (χ4n) is 2.58. The zero-order valence-electron chi connectivity index (χ0n) is 11.5. The van der Waals surface area contributed by atoms with E-state index in [-0.39, 0.29) is 5.91 Å². The van der Waals surface area contributed by atoms with E-state index in [2.05, 4.69) is 5.10 Å². The average molecular weight is 265 g/mol. The maximum absolute atomic E-state index is 12.5. The van der Waals surface area contributed by atoms with Crippen LogP contribution in [0.3, 0.4) is 0 Å². The van der Waals surface area contributed by atoms with Crippen LogP contribution in [0.4, 0.5) is 0 Å². The van der Waals surface area contributed by atoms with Crippen LogP contribution in [-0.2, 0) is 11.8 Å². The molecule has 2 unspecified atom stereocenters. The van der Waals surface area contributed by atoms with Gasteiger partial charge in [-0.25, -0.2) is 4.79 Å². The summed E-state index contributed by atoms with van der Waals surface area (Å²) in [5.74, 6) is -0.848. The van der Waals surface area contributed by atoms with Crippen LogP contribution in [-0.4, -0.2) is 44.3 Å². The molecule has 1 aliphatic heterocycles.